The number of guanidine groups is 1. The summed E-state index contributed by atoms with van der Waals surface area (Å²) < 4.78 is 24.8. The molecule has 7 nitrogen and oxygen atoms in total. The molecule has 158 valence electrons. The lowest BCUT2D eigenvalue weighted by Crippen LogP contribution is -2.45. The fourth-order valence-corrected chi connectivity index (χ4v) is 5.39. The van der Waals surface area contributed by atoms with Gasteiger partial charge in [0.2, 0.25) is 10.0 Å². The Morgan fingerprint density at radius 1 is 1.04 bits per heavy atom. The van der Waals surface area contributed by atoms with E-state index in [4.69, 9.17) is 0 Å². The highest BCUT2D eigenvalue weighted by Gasteiger charge is 2.28. The number of aliphatic imine (C=N–C) groups is 1. The molecule has 3 aliphatic rings. The van der Waals surface area contributed by atoms with Crippen LogP contribution in [0.3, 0.4) is 0 Å². The molecule has 3 saturated heterocycles. The average Bonchev–Trinajstić information content (AvgIpc) is 3.28. The fraction of sp³-hybridized carbons (Fsp3) is 0.944. The van der Waals surface area contributed by atoms with E-state index in [-0.39, 0.29) is 24.0 Å². The third kappa shape index (κ3) is 6.71. The smallest absolute Gasteiger partial charge is 0.211 e. The second kappa shape index (κ2) is 10.6. The van der Waals surface area contributed by atoms with Gasteiger partial charge in [-0.1, -0.05) is 0 Å². The summed E-state index contributed by atoms with van der Waals surface area (Å²) in [5, 5.41) is 3.54. The second-order valence-electron chi connectivity index (χ2n) is 8.14. The van der Waals surface area contributed by atoms with E-state index in [1.807, 2.05) is 7.05 Å². The first-order chi connectivity index (χ1) is 12.5. The van der Waals surface area contributed by atoms with Gasteiger partial charge in [0.15, 0.2) is 5.96 Å². The molecular weight excluding hydrogens is 477 g/mol. The first-order valence-electron chi connectivity index (χ1n) is 10.1. The van der Waals surface area contributed by atoms with E-state index < -0.39 is 10.0 Å². The average molecular weight is 513 g/mol. The van der Waals surface area contributed by atoms with Gasteiger partial charge < -0.3 is 15.1 Å². The molecule has 0 spiro atoms. The maximum absolute atomic E-state index is 11.6. The third-order valence-electron chi connectivity index (χ3n) is 6.10. The van der Waals surface area contributed by atoms with Crippen molar-refractivity contribution in [2.75, 3.05) is 65.7 Å². The molecule has 0 bridgehead atoms. The van der Waals surface area contributed by atoms with Crippen LogP contribution in [0.5, 0.6) is 0 Å². The van der Waals surface area contributed by atoms with Gasteiger partial charge in [0.05, 0.1) is 6.26 Å². The molecule has 3 heterocycles. The van der Waals surface area contributed by atoms with Gasteiger partial charge in [-0.15, -0.1) is 24.0 Å². The molecular formula is C18H36IN5O2S. The largest absolute Gasteiger partial charge is 0.356 e. The summed E-state index contributed by atoms with van der Waals surface area (Å²) in [6, 6.07) is 0. The predicted octanol–water partition coefficient (Wildman–Crippen LogP) is 1.27. The minimum atomic E-state index is -3.04. The topological polar surface area (TPSA) is 68.2 Å². The van der Waals surface area contributed by atoms with Gasteiger partial charge in [-0.3, -0.25) is 4.99 Å². The van der Waals surface area contributed by atoms with Crippen LogP contribution < -0.4 is 5.32 Å². The summed E-state index contributed by atoms with van der Waals surface area (Å²) >= 11 is 0. The quantitative estimate of drug-likeness (QED) is 0.341. The van der Waals surface area contributed by atoms with E-state index in [0.717, 1.165) is 44.4 Å². The molecule has 0 aliphatic carbocycles. The maximum Gasteiger partial charge on any atom is 0.211 e. The van der Waals surface area contributed by atoms with Crippen LogP contribution in [-0.4, -0.2) is 94.1 Å². The zero-order valence-electron chi connectivity index (χ0n) is 16.8. The van der Waals surface area contributed by atoms with E-state index in [1.165, 1.54) is 45.2 Å². The third-order valence-corrected chi connectivity index (χ3v) is 7.41. The molecule has 0 aromatic rings. The van der Waals surface area contributed by atoms with Gasteiger partial charge in [0, 0.05) is 46.3 Å². The SMILES string of the molecule is CN=C(NCC1CCN(S(C)(=O)=O)CC1)N1CCC(CN2CCCC2)C1.I. The molecule has 1 N–H and O–H groups in total. The Balaban J connectivity index is 0.00000261. The number of likely N-dealkylation sites (tertiary alicyclic amines) is 2. The van der Waals surface area contributed by atoms with Crippen molar-refractivity contribution in [3.63, 3.8) is 0 Å². The second-order valence-corrected chi connectivity index (χ2v) is 10.1. The van der Waals surface area contributed by atoms with E-state index in [0.29, 0.717) is 19.0 Å². The van der Waals surface area contributed by atoms with Crippen molar-refractivity contribution in [2.24, 2.45) is 16.8 Å². The molecule has 3 fully saturated rings. The lowest BCUT2D eigenvalue weighted by molar-refractivity contribution is 0.271. The lowest BCUT2D eigenvalue weighted by Gasteiger charge is -2.31. The highest BCUT2D eigenvalue weighted by atomic mass is 127. The molecule has 3 rings (SSSR count). The summed E-state index contributed by atoms with van der Waals surface area (Å²) in [5.74, 6) is 2.29. The summed E-state index contributed by atoms with van der Waals surface area (Å²) in [4.78, 5) is 9.49. The van der Waals surface area contributed by atoms with Crippen molar-refractivity contribution in [3.8, 4) is 0 Å². The summed E-state index contributed by atoms with van der Waals surface area (Å²) in [6.45, 7) is 8.14. The number of hydrogen-bond acceptors (Lipinski definition) is 4. The Bertz CT molecular complexity index is 587. The molecule has 9 heteroatoms. The zero-order valence-corrected chi connectivity index (χ0v) is 19.9. The van der Waals surface area contributed by atoms with Crippen molar-refractivity contribution in [1.82, 2.24) is 19.4 Å². The number of halogens is 1. The molecule has 0 aromatic carbocycles. The number of nitrogens with zero attached hydrogens (tertiary/aromatic N) is 4. The number of nitrogens with one attached hydrogen (secondary N) is 1. The van der Waals surface area contributed by atoms with Crippen molar-refractivity contribution in [1.29, 1.82) is 0 Å². The van der Waals surface area contributed by atoms with Crippen LogP contribution in [-0.2, 0) is 10.0 Å². The molecule has 0 amide bonds. The lowest BCUT2D eigenvalue weighted by atomic mass is 9.98. The van der Waals surface area contributed by atoms with Gasteiger partial charge in [-0.2, -0.15) is 0 Å². The van der Waals surface area contributed by atoms with Crippen molar-refractivity contribution in [3.05, 3.63) is 0 Å². The number of rotatable bonds is 5. The molecule has 0 saturated carbocycles. The Hall–Kier alpha value is -0.130. The first kappa shape index (κ1) is 23.2. The normalized spacial score (nSPS) is 26.4. The Morgan fingerprint density at radius 2 is 1.67 bits per heavy atom. The van der Waals surface area contributed by atoms with Crippen LogP contribution in [0.4, 0.5) is 0 Å². The van der Waals surface area contributed by atoms with Crippen LogP contribution in [0.25, 0.3) is 0 Å². The molecule has 1 unspecified atom stereocenters. The molecule has 3 aliphatic heterocycles. The van der Waals surface area contributed by atoms with E-state index >= 15 is 0 Å². The zero-order chi connectivity index (χ0) is 18.6. The highest BCUT2D eigenvalue weighted by molar-refractivity contribution is 14.0. The van der Waals surface area contributed by atoms with Crippen LogP contribution in [0.2, 0.25) is 0 Å². The molecule has 1 atom stereocenters. The molecule has 0 radical (unpaired) electrons. The van der Waals surface area contributed by atoms with Gasteiger partial charge in [0.25, 0.3) is 0 Å². The Morgan fingerprint density at radius 3 is 2.26 bits per heavy atom. The molecule has 27 heavy (non-hydrogen) atoms. The summed E-state index contributed by atoms with van der Waals surface area (Å²) in [6.07, 6.45) is 7.13. The van der Waals surface area contributed by atoms with Crippen molar-refractivity contribution in [2.45, 2.75) is 32.1 Å². The van der Waals surface area contributed by atoms with Gasteiger partial charge >= 0.3 is 0 Å². The minimum Gasteiger partial charge on any atom is -0.356 e. The van der Waals surface area contributed by atoms with Gasteiger partial charge in [-0.05, 0) is 57.0 Å². The maximum atomic E-state index is 11.6. The number of hydrogen-bond donors (Lipinski definition) is 1. The fourth-order valence-electron chi connectivity index (χ4n) is 4.52. The van der Waals surface area contributed by atoms with Crippen LogP contribution in [0.1, 0.15) is 32.1 Å². The predicted molar refractivity (Wildman–Crippen MR) is 121 cm³/mol. The standard InChI is InChI=1S/C18H35N5O2S.HI/c1-19-18(20-13-16-6-11-23(12-7-16)26(2,24)25)22-10-5-17(15-22)14-21-8-3-4-9-21;/h16-17H,3-15H2,1-2H3,(H,19,20);1H. The Labute approximate surface area is 182 Å². The van der Waals surface area contributed by atoms with Crippen molar-refractivity contribution < 1.29 is 8.42 Å². The highest BCUT2D eigenvalue weighted by Crippen LogP contribution is 2.21. The van der Waals surface area contributed by atoms with E-state index in [1.54, 1.807) is 4.31 Å². The molecule has 0 aromatic heterocycles. The van der Waals surface area contributed by atoms with Gasteiger partial charge in [0.1, 0.15) is 0 Å². The van der Waals surface area contributed by atoms with Crippen molar-refractivity contribution >= 4 is 40.0 Å². The first-order valence-corrected chi connectivity index (χ1v) is 11.9. The van der Waals surface area contributed by atoms with Crippen LogP contribution in [0, 0.1) is 11.8 Å². The van der Waals surface area contributed by atoms with Gasteiger partial charge in [-0.25, -0.2) is 12.7 Å². The summed E-state index contributed by atoms with van der Waals surface area (Å²) in [7, 11) is -1.17. The minimum absolute atomic E-state index is 0. The monoisotopic (exact) mass is 513 g/mol. The number of sulfonamides is 1. The Kier molecular flexibility index (Phi) is 9.08. The van der Waals surface area contributed by atoms with E-state index in [9.17, 15) is 8.42 Å². The summed E-state index contributed by atoms with van der Waals surface area (Å²) in [5.41, 5.74) is 0. The number of piperidine rings is 1. The van der Waals surface area contributed by atoms with E-state index in [2.05, 4.69) is 20.1 Å². The van der Waals surface area contributed by atoms with Crippen LogP contribution >= 0.6 is 24.0 Å². The van der Waals surface area contributed by atoms with Crippen LogP contribution in [0.15, 0.2) is 4.99 Å².